The van der Waals surface area contributed by atoms with E-state index < -0.39 is 16.3 Å². The van der Waals surface area contributed by atoms with Gasteiger partial charge in [0.2, 0.25) is 0 Å². The molecule has 9 heteroatoms. The summed E-state index contributed by atoms with van der Waals surface area (Å²) in [6.45, 7) is 3.17. The zero-order chi connectivity index (χ0) is 15.2. The van der Waals surface area contributed by atoms with Gasteiger partial charge in [-0.05, 0) is 26.0 Å². The molecule has 0 saturated heterocycles. The quantitative estimate of drug-likeness (QED) is 0.430. The summed E-state index contributed by atoms with van der Waals surface area (Å²) < 4.78 is 31.6. The van der Waals surface area contributed by atoms with Crippen LogP contribution in [-0.2, 0) is 14.9 Å². The Hall–Kier alpha value is -2.29. The largest absolute Gasteiger partial charge is 0.449 e. The molecule has 0 spiro atoms. The molecule has 0 fully saturated rings. The molecule has 0 aromatic heterocycles. The predicted octanol–water partition coefficient (Wildman–Crippen LogP) is 1.29. The molecule has 1 aromatic carbocycles. The highest BCUT2D eigenvalue weighted by molar-refractivity contribution is 7.91. The first kappa shape index (κ1) is 15.8. The topological polar surface area (TPSA) is 117 Å². The third-order valence-corrected chi connectivity index (χ3v) is 3.12. The van der Waals surface area contributed by atoms with Crippen molar-refractivity contribution in [1.29, 1.82) is 0 Å². The van der Waals surface area contributed by atoms with Crippen molar-refractivity contribution in [3.8, 4) is 0 Å². The van der Waals surface area contributed by atoms with Gasteiger partial charge in [0.25, 0.3) is 0 Å². The highest BCUT2D eigenvalue weighted by Crippen LogP contribution is 2.12. The first-order chi connectivity index (χ1) is 9.38. The number of carbonyl (C=O) groups excluding carboxylic acids is 1. The van der Waals surface area contributed by atoms with Crippen molar-refractivity contribution < 1.29 is 23.2 Å². The van der Waals surface area contributed by atoms with Crippen LogP contribution >= 0.6 is 0 Å². The summed E-state index contributed by atoms with van der Waals surface area (Å²) in [5, 5.41) is 11.7. The van der Waals surface area contributed by atoms with E-state index >= 15 is 0 Å². The van der Waals surface area contributed by atoms with Crippen LogP contribution in [0.1, 0.15) is 19.4 Å². The number of amides is 1. The van der Waals surface area contributed by atoms with Crippen LogP contribution in [0.5, 0.6) is 0 Å². The summed E-state index contributed by atoms with van der Waals surface area (Å²) in [4.78, 5) is 11.1. The van der Waals surface area contributed by atoms with Gasteiger partial charge in [-0.25, -0.2) is 9.52 Å². The van der Waals surface area contributed by atoms with Gasteiger partial charge in [-0.1, -0.05) is 17.3 Å². The monoisotopic (exact) mass is 301 g/mol. The van der Waals surface area contributed by atoms with E-state index in [2.05, 4.69) is 14.6 Å². The number of nitrogens with one attached hydrogen (secondary N) is 2. The molecule has 20 heavy (non-hydrogen) atoms. The van der Waals surface area contributed by atoms with Crippen LogP contribution in [0.3, 0.4) is 0 Å². The van der Waals surface area contributed by atoms with Gasteiger partial charge in [-0.2, -0.15) is 8.42 Å². The van der Waals surface area contributed by atoms with E-state index in [0.717, 1.165) is 0 Å². The number of rotatable bonds is 5. The number of anilines is 1. The normalized spacial score (nSPS) is 11.8. The van der Waals surface area contributed by atoms with Crippen molar-refractivity contribution in [3.63, 3.8) is 0 Å². The molecule has 0 aliphatic heterocycles. The minimum atomic E-state index is -4.08. The first-order valence-corrected chi connectivity index (χ1v) is 7.12. The van der Waals surface area contributed by atoms with Crippen LogP contribution in [0.15, 0.2) is 29.4 Å². The van der Waals surface area contributed by atoms with E-state index in [-0.39, 0.29) is 12.3 Å². The molecule has 0 saturated carbocycles. The van der Waals surface area contributed by atoms with Crippen molar-refractivity contribution >= 4 is 27.7 Å². The second-order valence-corrected chi connectivity index (χ2v) is 5.11. The lowest BCUT2D eigenvalue weighted by Gasteiger charge is -2.10. The van der Waals surface area contributed by atoms with Crippen molar-refractivity contribution in [2.45, 2.75) is 13.8 Å². The van der Waals surface area contributed by atoms with Gasteiger partial charge in [0.05, 0.1) is 18.0 Å². The lowest BCUT2D eigenvalue weighted by Crippen LogP contribution is -2.35. The molecule has 0 aliphatic carbocycles. The highest BCUT2D eigenvalue weighted by Gasteiger charge is 2.15. The third-order valence-electron chi connectivity index (χ3n) is 2.18. The molecule has 110 valence electrons. The van der Waals surface area contributed by atoms with E-state index in [4.69, 9.17) is 5.21 Å². The Morgan fingerprint density at radius 3 is 2.75 bits per heavy atom. The fraction of sp³-hybridized carbons (Fsp3) is 0.273. The molecule has 0 bridgehead atoms. The van der Waals surface area contributed by atoms with Crippen LogP contribution in [0.4, 0.5) is 10.5 Å². The number of carbonyl (C=O) groups is 1. The average Bonchev–Trinajstić information content (AvgIpc) is 2.37. The number of hydrogen-bond donors (Lipinski definition) is 3. The standard InChI is InChI=1S/C11H15N3O5S/c1-3-19-11(15)14-20(17,18)13-10-6-4-5-9(7-10)8(2)12-16/h4-7,13,16H,3H2,1-2H3,(H,14,15)/b12-8+. The van der Waals surface area contributed by atoms with Crippen LogP contribution in [0.2, 0.25) is 0 Å². The molecule has 8 nitrogen and oxygen atoms in total. The molecule has 1 amide bonds. The van der Waals surface area contributed by atoms with Gasteiger partial charge in [-0.15, -0.1) is 0 Å². The summed E-state index contributed by atoms with van der Waals surface area (Å²) >= 11 is 0. The molecular weight excluding hydrogens is 286 g/mol. The molecule has 0 unspecified atom stereocenters. The Kier molecular flexibility index (Phi) is 5.32. The minimum absolute atomic E-state index is 0.0585. The summed E-state index contributed by atoms with van der Waals surface area (Å²) in [5.41, 5.74) is 1.07. The Labute approximate surface area is 116 Å². The molecule has 1 aromatic rings. The van der Waals surface area contributed by atoms with Gasteiger partial charge >= 0.3 is 16.3 Å². The van der Waals surface area contributed by atoms with E-state index in [9.17, 15) is 13.2 Å². The molecule has 0 aliphatic rings. The second-order valence-electron chi connectivity index (χ2n) is 3.69. The maximum absolute atomic E-state index is 11.6. The number of nitrogens with zero attached hydrogens (tertiary/aromatic N) is 1. The fourth-order valence-electron chi connectivity index (χ4n) is 1.32. The molecule has 0 radical (unpaired) electrons. The van der Waals surface area contributed by atoms with E-state index in [1.165, 1.54) is 12.1 Å². The average molecular weight is 301 g/mol. The zero-order valence-corrected chi connectivity index (χ0v) is 11.8. The maximum Gasteiger partial charge on any atom is 0.422 e. The SMILES string of the molecule is CCOC(=O)NS(=O)(=O)Nc1cccc(/C(C)=N/O)c1. The van der Waals surface area contributed by atoms with Crippen LogP contribution in [-0.4, -0.2) is 32.0 Å². The smallest absolute Gasteiger partial charge is 0.422 e. The fourth-order valence-corrected chi connectivity index (χ4v) is 2.08. The van der Waals surface area contributed by atoms with Crippen molar-refractivity contribution in [1.82, 2.24) is 4.72 Å². The third kappa shape index (κ3) is 4.76. The van der Waals surface area contributed by atoms with Crippen molar-refractivity contribution in [2.75, 3.05) is 11.3 Å². The van der Waals surface area contributed by atoms with Gasteiger partial charge < -0.3 is 9.94 Å². The van der Waals surface area contributed by atoms with Crippen molar-refractivity contribution in [2.24, 2.45) is 5.16 Å². The van der Waals surface area contributed by atoms with E-state index in [0.29, 0.717) is 11.3 Å². The van der Waals surface area contributed by atoms with Crippen LogP contribution in [0.25, 0.3) is 0 Å². The molecule has 3 N–H and O–H groups in total. The number of benzene rings is 1. The molecule has 0 heterocycles. The number of ether oxygens (including phenoxy) is 1. The number of oxime groups is 1. The van der Waals surface area contributed by atoms with E-state index in [1.807, 2.05) is 0 Å². The minimum Gasteiger partial charge on any atom is -0.449 e. The first-order valence-electron chi connectivity index (χ1n) is 5.64. The molecule has 1 rings (SSSR count). The van der Waals surface area contributed by atoms with Gasteiger partial charge in [0, 0.05) is 5.56 Å². The molecular formula is C11H15N3O5S. The summed E-state index contributed by atoms with van der Waals surface area (Å²) in [6.07, 6.45) is -1.07. The second kappa shape index (κ2) is 6.75. The summed E-state index contributed by atoms with van der Waals surface area (Å²) in [5.74, 6) is 0. The highest BCUT2D eigenvalue weighted by atomic mass is 32.2. The Balaban J connectivity index is 2.85. The van der Waals surface area contributed by atoms with Crippen molar-refractivity contribution in [3.05, 3.63) is 29.8 Å². The zero-order valence-electron chi connectivity index (χ0n) is 11.0. The Morgan fingerprint density at radius 2 is 2.15 bits per heavy atom. The van der Waals surface area contributed by atoms with Gasteiger partial charge in [-0.3, -0.25) is 4.72 Å². The predicted molar refractivity (Wildman–Crippen MR) is 73.1 cm³/mol. The van der Waals surface area contributed by atoms with Gasteiger partial charge in [0.1, 0.15) is 0 Å². The summed E-state index contributed by atoms with van der Waals surface area (Å²) in [7, 11) is -4.08. The Morgan fingerprint density at radius 1 is 1.45 bits per heavy atom. The van der Waals surface area contributed by atoms with Crippen LogP contribution < -0.4 is 9.44 Å². The Bertz CT molecular complexity index is 612. The number of hydrogen-bond acceptors (Lipinski definition) is 6. The van der Waals surface area contributed by atoms with Crippen LogP contribution in [0, 0.1) is 0 Å². The van der Waals surface area contributed by atoms with Gasteiger partial charge in [0.15, 0.2) is 0 Å². The molecule has 0 atom stereocenters. The van der Waals surface area contributed by atoms with E-state index in [1.54, 1.807) is 30.7 Å². The summed E-state index contributed by atoms with van der Waals surface area (Å²) in [6, 6.07) is 6.16. The lowest BCUT2D eigenvalue weighted by atomic mass is 10.1. The lowest BCUT2D eigenvalue weighted by molar-refractivity contribution is 0.159. The maximum atomic E-state index is 11.6.